The van der Waals surface area contributed by atoms with Crippen molar-refractivity contribution in [3.8, 4) is 5.75 Å². The monoisotopic (exact) mass is 403 g/mol. The predicted octanol–water partition coefficient (Wildman–Crippen LogP) is 2.70. The van der Waals surface area contributed by atoms with Crippen molar-refractivity contribution in [3.05, 3.63) is 59.2 Å². The number of rotatable bonds is 8. The summed E-state index contributed by atoms with van der Waals surface area (Å²) in [5.74, 6) is 1.61. The number of aryl methyl sites for hydroxylation is 1. The Bertz CT molecular complexity index is 924. The van der Waals surface area contributed by atoms with Gasteiger partial charge in [0.15, 0.2) is 15.8 Å². The maximum absolute atomic E-state index is 11.7. The maximum Gasteiger partial charge on any atom is 0.191 e. The summed E-state index contributed by atoms with van der Waals surface area (Å²) in [5, 5.41) is 6.55. The molecule has 0 aromatic heterocycles. The fourth-order valence-corrected chi connectivity index (χ4v) is 3.93. The van der Waals surface area contributed by atoms with Gasteiger partial charge < -0.3 is 15.4 Å². The first-order chi connectivity index (χ1) is 13.3. The van der Waals surface area contributed by atoms with Crippen LogP contribution in [0.15, 0.2) is 52.4 Å². The summed E-state index contributed by atoms with van der Waals surface area (Å²) < 4.78 is 29.1. The Kier molecular flexibility index (Phi) is 7.87. The molecule has 7 heteroatoms. The summed E-state index contributed by atoms with van der Waals surface area (Å²) >= 11 is 0. The Morgan fingerprint density at radius 2 is 1.89 bits per heavy atom. The highest BCUT2D eigenvalue weighted by Crippen LogP contribution is 2.18. The van der Waals surface area contributed by atoms with Gasteiger partial charge in [0.1, 0.15) is 5.75 Å². The highest BCUT2D eigenvalue weighted by molar-refractivity contribution is 7.90. The van der Waals surface area contributed by atoms with Crippen molar-refractivity contribution in [2.45, 2.75) is 31.7 Å². The van der Waals surface area contributed by atoms with Crippen LogP contribution >= 0.6 is 0 Å². The molecule has 0 unspecified atom stereocenters. The molecule has 2 N–H and O–H groups in total. The van der Waals surface area contributed by atoms with Crippen LogP contribution in [0.1, 0.15) is 23.6 Å². The second kappa shape index (κ2) is 10.1. The first kappa shape index (κ1) is 21.8. The van der Waals surface area contributed by atoms with Gasteiger partial charge in [0, 0.05) is 26.4 Å². The number of hydrogen-bond donors (Lipinski definition) is 2. The summed E-state index contributed by atoms with van der Waals surface area (Å²) in [7, 11) is -1.48. The minimum Gasteiger partial charge on any atom is -0.494 e. The lowest BCUT2D eigenvalue weighted by Gasteiger charge is -2.14. The first-order valence-corrected chi connectivity index (χ1v) is 11.2. The Morgan fingerprint density at radius 1 is 1.14 bits per heavy atom. The van der Waals surface area contributed by atoms with Crippen LogP contribution in [-0.2, 0) is 22.8 Å². The molecule has 2 aromatic carbocycles. The van der Waals surface area contributed by atoms with Crippen LogP contribution in [0.2, 0.25) is 0 Å². The number of nitrogens with one attached hydrogen (secondary N) is 2. The van der Waals surface area contributed by atoms with E-state index in [2.05, 4.69) is 21.7 Å². The summed E-state index contributed by atoms with van der Waals surface area (Å²) in [5.41, 5.74) is 2.89. The number of hydrogen-bond acceptors (Lipinski definition) is 4. The van der Waals surface area contributed by atoms with Crippen molar-refractivity contribution in [2.24, 2.45) is 4.99 Å². The molecule has 0 aliphatic heterocycles. The molecular weight excluding hydrogens is 374 g/mol. The smallest absolute Gasteiger partial charge is 0.191 e. The third kappa shape index (κ3) is 6.27. The van der Waals surface area contributed by atoms with Gasteiger partial charge in [-0.2, -0.15) is 0 Å². The van der Waals surface area contributed by atoms with Crippen LogP contribution in [0.3, 0.4) is 0 Å². The molecule has 0 bridgehead atoms. The second-order valence-corrected chi connectivity index (χ2v) is 8.50. The molecule has 2 rings (SSSR count). The normalized spacial score (nSPS) is 11.9. The standard InChI is InChI=1S/C21H29N3O3S/c1-5-27-19-9-7-6-8-18(19)12-13-23-21(22-3)24-15-17-10-11-20(16(2)14-17)28(4,25)26/h6-11,14H,5,12-13,15H2,1-4H3,(H2,22,23,24). The number of guanidine groups is 1. The Labute approximate surface area is 168 Å². The molecular formula is C21H29N3O3S. The van der Waals surface area contributed by atoms with Crippen LogP contribution in [0.4, 0.5) is 0 Å². The van der Waals surface area contributed by atoms with Gasteiger partial charge in [0.2, 0.25) is 0 Å². The third-order valence-corrected chi connectivity index (χ3v) is 5.54. The van der Waals surface area contributed by atoms with Gasteiger partial charge in [-0.3, -0.25) is 4.99 Å². The summed E-state index contributed by atoms with van der Waals surface area (Å²) in [6, 6.07) is 13.4. The molecule has 0 heterocycles. The van der Waals surface area contributed by atoms with E-state index < -0.39 is 9.84 Å². The molecule has 28 heavy (non-hydrogen) atoms. The van der Waals surface area contributed by atoms with Crippen LogP contribution in [0, 0.1) is 6.92 Å². The van der Waals surface area contributed by atoms with Crippen molar-refractivity contribution < 1.29 is 13.2 Å². The van der Waals surface area contributed by atoms with Gasteiger partial charge in [0.25, 0.3) is 0 Å². The Morgan fingerprint density at radius 3 is 2.54 bits per heavy atom. The minimum absolute atomic E-state index is 0.367. The highest BCUT2D eigenvalue weighted by atomic mass is 32.2. The minimum atomic E-state index is -3.20. The molecule has 0 aliphatic rings. The molecule has 6 nitrogen and oxygen atoms in total. The average Bonchev–Trinajstić information content (AvgIpc) is 2.65. The van der Waals surface area contributed by atoms with Crippen molar-refractivity contribution in [1.82, 2.24) is 10.6 Å². The fraction of sp³-hybridized carbons (Fsp3) is 0.381. The van der Waals surface area contributed by atoms with E-state index in [1.54, 1.807) is 13.1 Å². The number of aliphatic imine (C=N–C) groups is 1. The van der Waals surface area contributed by atoms with Crippen molar-refractivity contribution in [3.63, 3.8) is 0 Å². The largest absolute Gasteiger partial charge is 0.494 e. The van der Waals surface area contributed by atoms with Gasteiger partial charge in [-0.15, -0.1) is 0 Å². The van der Waals surface area contributed by atoms with Crippen LogP contribution in [0.25, 0.3) is 0 Å². The van der Waals surface area contributed by atoms with Crippen molar-refractivity contribution >= 4 is 15.8 Å². The number of ether oxygens (including phenoxy) is 1. The van der Waals surface area contributed by atoms with E-state index in [9.17, 15) is 8.42 Å². The van der Waals surface area contributed by atoms with E-state index in [4.69, 9.17) is 4.74 Å². The van der Waals surface area contributed by atoms with Gasteiger partial charge >= 0.3 is 0 Å². The molecule has 0 radical (unpaired) electrons. The number of benzene rings is 2. The molecule has 0 fully saturated rings. The predicted molar refractivity (Wildman–Crippen MR) is 114 cm³/mol. The molecule has 2 aromatic rings. The van der Waals surface area contributed by atoms with Crippen LogP contribution in [0.5, 0.6) is 5.75 Å². The van der Waals surface area contributed by atoms with Crippen molar-refractivity contribution in [1.29, 1.82) is 0 Å². The second-order valence-electron chi connectivity index (χ2n) is 6.52. The third-order valence-electron chi connectivity index (χ3n) is 4.28. The Hall–Kier alpha value is -2.54. The van der Waals surface area contributed by atoms with Crippen molar-refractivity contribution in [2.75, 3.05) is 26.5 Å². The molecule has 0 aliphatic carbocycles. The van der Waals surface area contributed by atoms with E-state index in [1.165, 1.54) is 6.26 Å². The molecule has 0 spiro atoms. The number of nitrogens with zero attached hydrogens (tertiary/aromatic N) is 1. The lowest BCUT2D eigenvalue weighted by atomic mass is 10.1. The SMILES string of the molecule is CCOc1ccccc1CCNC(=NC)NCc1ccc(S(C)(=O)=O)c(C)c1. The van der Waals surface area contributed by atoms with Gasteiger partial charge in [-0.05, 0) is 49.1 Å². The highest BCUT2D eigenvalue weighted by Gasteiger charge is 2.11. The molecule has 0 atom stereocenters. The Balaban J connectivity index is 1.89. The van der Waals surface area contributed by atoms with E-state index >= 15 is 0 Å². The van der Waals surface area contributed by atoms with E-state index in [0.29, 0.717) is 24.0 Å². The van der Waals surface area contributed by atoms with E-state index in [-0.39, 0.29) is 0 Å². The summed E-state index contributed by atoms with van der Waals surface area (Å²) in [6.45, 7) is 5.70. The summed E-state index contributed by atoms with van der Waals surface area (Å²) in [4.78, 5) is 4.61. The number of sulfone groups is 1. The average molecular weight is 404 g/mol. The zero-order valence-corrected chi connectivity index (χ0v) is 17.8. The van der Waals surface area contributed by atoms with Crippen LogP contribution in [-0.4, -0.2) is 40.8 Å². The lowest BCUT2D eigenvalue weighted by molar-refractivity contribution is 0.336. The quantitative estimate of drug-likeness (QED) is 0.523. The molecule has 0 saturated carbocycles. The zero-order valence-electron chi connectivity index (χ0n) is 17.0. The van der Waals surface area contributed by atoms with E-state index in [1.807, 2.05) is 44.2 Å². The molecule has 0 saturated heterocycles. The summed E-state index contributed by atoms with van der Waals surface area (Å²) in [6.07, 6.45) is 2.04. The van der Waals surface area contributed by atoms with E-state index in [0.717, 1.165) is 35.4 Å². The van der Waals surface area contributed by atoms with Gasteiger partial charge in [-0.25, -0.2) is 8.42 Å². The fourth-order valence-electron chi connectivity index (χ4n) is 2.97. The molecule has 152 valence electrons. The first-order valence-electron chi connectivity index (χ1n) is 9.30. The lowest BCUT2D eigenvalue weighted by Crippen LogP contribution is -2.37. The van der Waals surface area contributed by atoms with Crippen LogP contribution < -0.4 is 15.4 Å². The molecule has 0 amide bonds. The maximum atomic E-state index is 11.7. The number of para-hydroxylation sites is 1. The zero-order chi connectivity index (χ0) is 20.6. The van der Waals surface area contributed by atoms with Gasteiger partial charge in [0.05, 0.1) is 11.5 Å². The van der Waals surface area contributed by atoms with Gasteiger partial charge in [-0.1, -0.05) is 30.3 Å². The topological polar surface area (TPSA) is 79.8 Å².